The number of alkyl halides is 3. The molecule has 0 aliphatic heterocycles. The lowest BCUT2D eigenvalue weighted by atomic mass is 10.3. The molecule has 1 aromatic heterocycles. The molecular weight excluding hydrogens is 337 g/mol. The summed E-state index contributed by atoms with van der Waals surface area (Å²) in [6.45, 7) is -0.661. The molecular formula is C9H13F3NO6P2+. The standard InChI is InChI=1S/C9H12F3NO6P2/c1-20(15,16)8(14,21(17,18)19)6-13-4-2-3-7(5-13)9(10,11)12/h2-5,14H,6H2,1H3,(H2-,15,16,17,18,19)/p+1. The summed E-state index contributed by atoms with van der Waals surface area (Å²) in [5.74, 6) is 0. The van der Waals surface area contributed by atoms with E-state index in [1.807, 2.05) is 0 Å². The van der Waals surface area contributed by atoms with Crippen LogP contribution in [0.1, 0.15) is 5.56 Å². The summed E-state index contributed by atoms with van der Waals surface area (Å²) in [5.41, 5.74) is -1.14. The topological polar surface area (TPSA) is 119 Å². The fraction of sp³-hybridized carbons (Fsp3) is 0.444. The van der Waals surface area contributed by atoms with Crippen molar-refractivity contribution in [1.29, 1.82) is 0 Å². The van der Waals surface area contributed by atoms with Crippen LogP contribution in [0.2, 0.25) is 0 Å². The minimum atomic E-state index is -5.49. The first kappa shape index (κ1) is 18.3. The van der Waals surface area contributed by atoms with Crippen molar-refractivity contribution in [2.24, 2.45) is 0 Å². The van der Waals surface area contributed by atoms with Crippen molar-refractivity contribution in [3.8, 4) is 0 Å². The van der Waals surface area contributed by atoms with Crippen molar-refractivity contribution in [3.63, 3.8) is 0 Å². The molecule has 1 aromatic rings. The van der Waals surface area contributed by atoms with Crippen LogP contribution in [0.25, 0.3) is 0 Å². The molecule has 0 bridgehead atoms. The average Bonchev–Trinajstić information content (AvgIpc) is 2.25. The van der Waals surface area contributed by atoms with Crippen LogP contribution in [-0.4, -0.2) is 31.5 Å². The average molecular weight is 350 g/mol. The maximum Gasteiger partial charge on any atom is 0.422 e. The van der Waals surface area contributed by atoms with Gasteiger partial charge in [0, 0.05) is 12.7 Å². The zero-order chi connectivity index (χ0) is 16.7. The van der Waals surface area contributed by atoms with Gasteiger partial charge in [0.2, 0.25) is 7.37 Å². The molecule has 120 valence electrons. The number of nitrogens with zero attached hydrogens (tertiary/aromatic N) is 1. The van der Waals surface area contributed by atoms with Crippen LogP contribution in [0.15, 0.2) is 24.5 Å². The van der Waals surface area contributed by atoms with Crippen LogP contribution in [0.4, 0.5) is 13.2 Å². The third-order valence-corrected chi connectivity index (χ3v) is 7.15. The van der Waals surface area contributed by atoms with E-state index in [0.717, 1.165) is 12.3 Å². The van der Waals surface area contributed by atoms with E-state index in [-0.39, 0.29) is 0 Å². The van der Waals surface area contributed by atoms with E-state index in [2.05, 4.69) is 0 Å². The zero-order valence-electron chi connectivity index (χ0n) is 10.6. The number of aliphatic hydroxyl groups is 1. The first-order valence-corrected chi connectivity index (χ1v) is 9.05. The van der Waals surface area contributed by atoms with Crippen molar-refractivity contribution >= 4 is 15.0 Å². The molecule has 0 saturated heterocycles. The van der Waals surface area contributed by atoms with Crippen LogP contribution in [0.3, 0.4) is 0 Å². The molecule has 1 heterocycles. The minimum absolute atomic E-state index is 0.469. The van der Waals surface area contributed by atoms with Crippen LogP contribution in [0.5, 0.6) is 0 Å². The normalized spacial score (nSPS) is 18.9. The Balaban J connectivity index is 3.31. The Bertz CT molecular complexity index is 600. The summed E-state index contributed by atoms with van der Waals surface area (Å²) in [6.07, 6.45) is -3.26. The summed E-state index contributed by atoms with van der Waals surface area (Å²) in [6, 6.07) is 1.64. The first-order chi connectivity index (χ1) is 9.18. The number of rotatable bonds is 4. The molecule has 1 rings (SSSR count). The summed E-state index contributed by atoms with van der Waals surface area (Å²) < 4.78 is 61.0. The quantitative estimate of drug-likeness (QED) is 0.469. The number of halogens is 3. The molecule has 12 heteroatoms. The second kappa shape index (κ2) is 5.46. The van der Waals surface area contributed by atoms with Gasteiger partial charge in [0.05, 0.1) is 0 Å². The fourth-order valence-corrected chi connectivity index (χ4v) is 4.20. The lowest BCUT2D eigenvalue weighted by molar-refractivity contribution is -0.704. The largest absolute Gasteiger partial charge is 0.422 e. The zero-order valence-corrected chi connectivity index (χ0v) is 12.4. The summed E-state index contributed by atoms with van der Waals surface area (Å²) in [7, 11) is -10.2. The van der Waals surface area contributed by atoms with Gasteiger partial charge in [-0.2, -0.15) is 13.2 Å². The molecule has 0 aromatic carbocycles. The molecule has 4 N–H and O–H groups in total. The van der Waals surface area contributed by atoms with Gasteiger partial charge < -0.3 is 19.8 Å². The monoisotopic (exact) mass is 350 g/mol. The first-order valence-electron chi connectivity index (χ1n) is 5.33. The molecule has 0 amide bonds. The maximum absolute atomic E-state index is 12.5. The third kappa shape index (κ3) is 3.91. The van der Waals surface area contributed by atoms with E-state index in [1.165, 1.54) is 0 Å². The summed E-state index contributed by atoms with van der Waals surface area (Å²) >= 11 is 0. The highest BCUT2D eigenvalue weighted by Gasteiger charge is 2.60. The van der Waals surface area contributed by atoms with Crippen LogP contribution >= 0.6 is 15.0 Å². The van der Waals surface area contributed by atoms with Crippen molar-refractivity contribution in [3.05, 3.63) is 30.1 Å². The Labute approximate surface area is 117 Å². The number of aromatic nitrogens is 1. The molecule has 2 atom stereocenters. The van der Waals surface area contributed by atoms with Crippen molar-refractivity contribution < 1.29 is 46.7 Å². The molecule has 0 saturated carbocycles. The van der Waals surface area contributed by atoms with Gasteiger partial charge >= 0.3 is 18.9 Å². The second-order valence-corrected chi connectivity index (χ2v) is 9.14. The Kier molecular flexibility index (Phi) is 4.76. The van der Waals surface area contributed by atoms with E-state index in [4.69, 9.17) is 9.79 Å². The van der Waals surface area contributed by atoms with Gasteiger partial charge in [-0.1, -0.05) is 0 Å². The molecule has 0 spiro atoms. The highest BCUT2D eigenvalue weighted by molar-refractivity contribution is 7.74. The molecule has 0 fully saturated rings. The van der Waals surface area contributed by atoms with Gasteiger partial charge in [-0.3, -0.25) is 9.13 Å². The van der Waals surface area contributed by atoms with Crippen LogP contribution in [-0.2, 0) is 21.9 Å². The van der Waals surface area contributed by atoms with Crippen molar-refractivity contribution in [2.75, 3.05) is 6.66 Å². The van der Waals surface area contributed by atoms with E-state index in [9.17, 15) is 32.3 Å². The molecule has 0 radical (unpaired) electrons. The smallest absolute Gasteiger partial charge is 0.365 e. The van der Waals surface area contributed by atoms with Gasteiger partial charge in [0.25, 0.3) is 0 Å². The highest BCUT2D eigenvalue weighted by Crippen LogP contribution is 2.67. The van der Waals surface area contributed by atoms with Crippen molar-refractivity contribution in [2.45, 2.75) is 17.8 Å². The molecule has 2 unspecified atom stereocenters. The predicted molar refractivity (Wildman–Crippen MR) is 64.4 cm³/mol. The Morgan fingerprint density at radius 3 is 2.14 bits per heavy atom. The summed E-state index contributed by atoms with van der Waals surface area (Å²) in [4.78, 5) is 27.5. The third-order valence-electron chi connectivity index (χ3n) is 2.71. The molecule has 0 aliphatic carbocycles. The van der Waals surface area contributed by atoms with E-state index in [1.54, 1.807) is 0 Å². The predicted octanol–water partition coefficient (Wildman–Crippen LogP) is 0.717. The van der Waals surface area contributed by atoms with Gasteiger partial charge in [0.1, 0.15) is 5.56 Å². The lowest BCUT2D eigenvalue weighted by Crippen LogP contribution is -2.47. The minimum Gasteiger partial charge on any atom is -0.365 e. The number of pyridine rings is 1. The molecule has 7 nitrogen and oxygen atoms in total. The Morgan fingerprint density at radius 2 is 1.76 bits per heavy atom. The van der Waals surface area contributed by atoms with Gasteiger partial charge in [-0.25, -0.2) is 4.57 Å². The van der Waals surface area contributed by atoms with Gasteiger partial charge in [0.15, 0.2) is 18.9 Å². The fourth-order valence-electron chi connectivity index (χ4n) is 1.50. The Morgan fingerprint density at radius 1 is 1.24 bits per heavy atom. The van der Waals surface area contributed by atoms with E-state index >= 15 is 0 Å². The summed E-state index contributed by atoms with van der Waals surface area (Å²) in [5, 5.41) is 6.47. The molecule has 21 heavy (non-hydrogen) atoms. The number of hydrogen-bond donors (Lipinski definition) is 4. The van der Waals surface area contributed by atoms with Gasteiger partial charge in [-0.05, 0) is 6.07 Å². The SMILES string of the molecule is CP(=O)(O)C(O)(C[n+]1cccc(C(F)(F)F)c1)P(=O)(O)O. The van der Waals surface area contributed by atoms with Gasteiger partial charge in [-0.15, -0.1) is 0 Å². The van der Waals surface area contributed by atoms with E-state index in [0.29, 0.717) is 23.5 Å². The lowest BCUT2D eigenvalue weighted by Gasteiger charge is -2.27. The second-order valence-electron chi connectivity index (χ2n) is 4.46. The molecule has 0 aliphatic rings. The maximum atomic E-state index is 12.5. The van der Waals surface area contributed by atoms with Crippen LogP contribution < -0.4 is 4.57 Å². The Hall–Kier alpha value is -0.760. The van der Waals surface area contributed by atoms with E-state index < -0.39 is 38.3 Å². The highest BCUT2D eigenvalue weighted by atomic mass is 31.2. The number of hydrogen-bond acceptors (Lipinski definition) is 3. The van der Waals surface area contributed by atoms with Crippen molar-refractivity contribution in [1.82, 2.24) is 0 Å². The van der Waals surface area contributed by atoms with Crippen LogP contribution in [0, 0.1) is 0 Å².